The zero-order valence-corrected chi connectivity index (χ0v) is 14.4. The number of benzene rings is 1. The summed E-state index contributed by atoms with van der Waals surface area (Å²) in [5.41, 5.74) is 1.93. The highest BCUT2D eigenvalue weighted by molar-refractivity contribution is 5.91. The normalized spacial score (nSPS) is 17.6. The maximum atomic E-state index is 12.7. The van der Waals surface area contributed by atoms with Gasteiger partial charge in [0.25, 0.3) is 0 Å². The number of hydrogen-bond acceptors (Lipinski definition) is 3. The van der Waals surface area contributed by atoms with Crippen LogP contribution in [0.1, 0.15) is 12.5 Å². The quantitative estimate of drug-likeness (QED) is 0.852. The smallest absolute Gasteiger partial charge is 0.244 e. The third kappa shape index (κ3) is 3.35. The number of rotatable bonds is 3. The standard InChI is InChI=1S/C18H22N4O3/c1-12(23)22-8-7-21(11-16(22)18(25)19-2)17(24)9-13-10-20-15-6-4-3-5-14(13)15/h3-6,10,16,20H,7-9,11H2,1-2H3,(H,19,25)/t16-/m1/s1. The molecule has 7 heteroatoms. The number of para-hydroxylation sites is 1. The third-order valence-corrected chi connectivity index (χ3v) is 4.70. The summed E-state index contributed by atoms with van der Waals surface area (Å²) < 4.78 is 0. The highest BCUT2D eigenvalue weighted by atomic mass is 16.2. The van der Waals surface area contributed by atoms with E-state index in [2.05, 4.69) is 10.3 Å². The topological polar surface area (TPSA) is 85.5 Å². The van der Waals surface area contributed by atoms with Gasteiger partial charge in [-0.25, -0.2) is 0 Å². The molecule has 0 spiro atoms. The molecule has 0 radical (unpaired) electrons. The summed E-state index contributed by atoms with van der Waals surface area (Å²) in [6, 6.07) is 7.20. The lowest BCUT2D eigenvalue weighted by molar-refractivity contribution is -0.146. The van der Waals surface area contributed by atoms with Gasteiger partial charge in [0.2, 0.25) is 17.7 Å². The molecule has 0 bridgehead atoms. The first kappa shape index (κ1) is 17.0. The lowest BCUT2D eigenvalue weighted by Gasteiger charge is -2.40. The molecule has 1 aliphatic rings. The Balaban J connectivity index is 1.74. The van der Waals surface area contributed by atoms with Crippen LogP contribution in [0.15, 0.2) is 30.5 Å². The number of likely N-dealkylation sites (N-methyl/N-ethyl adjacent to an activating group) is 1. The molecule has 132 valence electrons. The number of aromatic nitrogens is 1. The van der Waals surface area contributed by atoms with E-state index < -0.39 is 6.04 Å². The first-order valence-electron chi connectivity index (χ1n) is 8.33. The highest BCUT2D eigenvalue weighted by Gasteiger charge is 2.35. The second kappa shape index (κ2) is 6.96. The van der Waals surface area contributed by atoms with Gasteiger partial charge in [-0.2, -0.15) is 0 Å². The van der Waals surface area contributed by atoms with Gasteiger partial charge in [-0.1, -0.05) is 18.2 Å². The van der Waals surface area contributed by atoms with E-state index in [9.17, 15) is 14.4 Å². The molecule has 1 aromatic heterocycles. The summed E-state index contributed by atoms with van der Waals surface area (Å²) in [7, 11) is 1.54. The van der Waals surface area contributed by atoms with Crippen molar-refractivity contribution in [2.75, 3.05) is 26.7 Å². The monoisotopic (exact) mass is 342 g/mol. The maximum absolute atomic E-state index is 12.7. The molecular weight excluding hydrogens is 320 g/mol. The molecule has 3 rings (SSSR count). The minimum atomic E-state index is -0.636. The van der Waals surface area contributed by atoms with E-state index in [0.717, 1.165) is 16.5 Å². The molecule has 1 saturated heterocycles. The molecule has 1 aromatic carbocycles. The van der Waals surface area contributed by atoms with Crippen molar-refractivity contribution in [2.24, 2.45) is 0 Å². The summed E-state index contributed by atoms with van der Waals surface area (Å²) in [5, 5.41) is 3.60. The summed E-state index contributed by atoms with van der Waals surface area (Å²) in [4.78, 5) is 42.9. The van der Waals surface area contributed by atoms with E-state index in [1.165, 1.54) is 18.9 Å². The predicted molar refractivity (Wildman–Crippen MR) is 93.8 cm³/mol. The Hall–Kier alpha value is -2.83. The van der Waals surface area contributed by atoms with Gasteiger partial charge in [0.1, 0.15) is 6.04 Å². The number of fused-ring (bicyclic) bond motifs is 1. The van der Waals surface area contributed by atoms with Crippen LogP contribution in [-0.4, -0.2) is 65.2 Å². The molecule has 1 atom stereocenters. The molecule has 0 unspecified atom stereocenters. The lowest BCUT2D eigenvalue weighted by Crippen LogP contribution is -2.61. The second-order valence-corrected chi connectivity index (χ2v) is 6.22. The van der Waals surface area contributed by atoms with Crippen LogP contribution in [0.25, 0.3) is 10.9 Å². The minimum Gasteiger partial charge on any atom is -0.361 e. The van der Waals surface area contributed by atoms with Crippen molar-refractivity contribution >= 4 is 28.6 Å². The fraction of sp³-hybridized carbons (Fsp3) is 0.389. The molecule has 0 saturated carbocycles. The van der Waals surface area contributed by atoms with Gasteiger partial charge in [-0.15, -0.1) is 0 Å². The first-order chi connectivity index (χ1) is 12.0. The molecule has 1 aliphatic heterocycles. The number of H-pyrrole nitrogens is 1. The maximum Gasteiger partial charge on any atom is 0.244 e. The Morgan fingerprint density at radius 2 is 2.00 bits per heavy atom. The van der Waals surface area contributed by atoms with Crippen molar-refractivity contribution in [2.45, 2.75) is 19.4 Å². The average molecular weight is 342 g/mol. The van der Waals surface area contributed by atoms with Crippen molar-refractivity contribution in [3.05, 3.63) is 36.0 Å². The number of nitrogens with zero attached hydrogens (tertiary/aromatic N) is 2. The van der Waals surface area contributed by atoms with Gasteiger partial charge < -0.3 is 20.1 Å². The van der Waals surface area contributed by atoms with Gasteiger partial charge in [-0.3, -0.25) is 14.4 Å². The van der Waals surface area contributed by atoms with Crippen LogP contribution >= 0.6 is 0 Å². The van der Waals surface area contributed by atoms with Crippen LogP contribution < -0.4 is 5.32 Å². The highest BCUT2D eigenvalue weighted by Crippen LogP contribution is 2.20. The van der Waals surface area contributed by atoms with Crippen LogP contribution in [-0.2, 0) is 20.8 Å². The van der Waals surface area contributed by atoms with Crippen LogP contribution in [0, 0.1) is 0 Å². The van der Waals surface area contributed by atoms with Crippen molar-refractivity contribution < 1.29 is 14.4 Å². The number of aromatic amines is 1. The fourth-order valence-electron chi connectivity index (χ4n) is 3.33. The lowest BCUT2D eigenvalue weighted by atomic mass is 10.1. The molecule has 2 N–H and O–H groups in total. The molecule has 0 aliphatic carbocycles. The van der Waals surface area contributed by atoms with Crippen molar-refractivity contribution in [1.29, 1.82) is 0 Å². The zero-order chi connectivity index (χ0) is 18.0. The number of piperazine rings is 1. The van der Waals surface area contributed by atoms with Crippen molar-refractivity contribution in [3.8, 4) is 0 Å². The molecular formula is C18H22N4O3. The van der Waals surface area contributed by atoms with E-state index in [1.54, 1.807) is 4.90 Å². The van der Waals surface area contributed by atoms with Crippen LogP contribution in [0.4, 0.5) is 0 Å². The fourth-order valence-corrected chi connectivity index (χ4v) is 3.33. The second-order valence-electron chi connectivity index (χ2n) is 6.22. The van der Waals surface area contributed by atoms with Crippen molar-refractivity contribution in [3.63, 3.8) is 0 Å². The van der Waals surface area contributed by atoms with Gasteiger partial charge in [0, 0.05) is 44.2 Å². The molecule has 1 fully saturated rings. The summed E-state index contributed by atoms with van der Waals surface area (Å²) >= 11 is 0. The van der Waals surface area contributed by atoms with Gasteiger partial charge in [-0.05, 0) is 11.6 Å². The summed E-state index contributed by atoms with van der Waals surface area (Å²) in [6.45, 7) is 2.47. The van der Waals surface area contributed by atoms with E-state index >= 15 is 0 Å². The number of amides is 3. The van der Waals surface area contributed by atoms with Gasteiger partial charge in [0.15, 0.2) is 0 Å². The molecule has 3 amide bonds. The SMILES string of the molecule is CNC(=O)[C@H]1CN(C(=O)Cc2c[nH]c3ccccc23)CCN1C(C)=O. The number of carbonyl (C=O) groups is 3. The number of hydrogen-bond donors (Lipinski definition) is 2. The van der Waals surface area contributed by atoms with Crippen LogP contribution in [0.5, 0.6) is 0 Å². The Morgan fingerprint density at radius 1 is 1.24 bits per heavy atom. The molecule has 2 heterocycles. The van der Waals surface area contributed by atoms with Crippen LogP contribution in [0.2, 0.25) is 0 Å². The summed E-state index contributed by atoms with van der Waals surface area (Å²) in [5.74, 6) is -0.445. The van der Waals surface area contributed by atoms with Gasteiger partial charge in [0.05, 0.1) is 13.0 Å². The predicted octanol–water partition coefficient (Wildman–Crippen LogP) is 0.516. The molecule has 7 nitrogen and oxygen atoms in total. The minimum absolute atomic E-state index is 0.0399. The van der Waals surface area contributed by atoms with E-state index in [-0.39, 0.29) is 30.7 Å². The molecule has 25 heavy (non-hydrogen) atoms. The van der Waals surface area contributed by atoms with E-state index in [0.29, 0.717) is 13.1 Å². The van der Waals surface area contributed by atoms with Crippen molar-refractivity contribution in [1.82, 2.24) is 20.1 Å². The van der Waals surface area contributed by atoms with E-state index in [4.69, 9.17) is 0 Å². The van der Waals surface area contributed by atoms with Gasteiger partial charge >= 0.3 is 0 Å². The Morgan fingerprint density at radius 3 is 2.72 bits per heavy atom. The van der Waals surface area contributed by atoms with E-state index in [1.807, 2.05) is 30.5 Å². The Labute approximate surface area is 146 Å². The number of nitrogens with one attached hydrogen (secondary N) is 2. The average Bonchev–Trinajstić information content (AvgIpc) is 3.03. The van der Waals surface area contributed by atoms with Crippen LogP contribution in [0.3, 0.4) is 0 Å². The largest absolute Gasteiger partial charge is 0.361 e. The third-order valence-electron chi connectivity index (χ3n) is 4.70. The number of carbonyl (C=O) groups excluding carboxylic acids is 3. The molecule has 2 aromatic rings. The Bertz CT molecular complexity index is 814. The zero-order valence-electron chi connectivity index (χ0n) is 14.4. The Kier molecular flexibility index (Phi) is 4.74. The first-order valence-corrected chi connectivity index (χ1v) is 8.33. The summed E-state index contributed by atoms with van der Waals surface area (Å²) in [6.07, 6.45) is 2.12.